The van der Waals surface area contributed by atoms with E-state index in [1.165, 1.54) is 0 Å². The van der Waals surface area contributed by atoms with E-state index >= 15 is 0 Å². The van der Waals surface area contributed by atoms with Crippen molar-refractivity contribution in [1.29, 1.82) is 0 Å². The molecule has 2 unspecified atom stereocenters. The lowest BCUT2D eigenvalue weighted by atomic mass is 10.0. The fourth-order valence-electron chi connectivity index (χ4n) is 2.44. The van der Waals surface area contributed by atoms with Crippen LogP contribution in [0.5, 0.6) is 0 Å². The van der Waals surface area contributed by atoms with Crippen molar-refractivity contribution < 1.29 is 14.7 Å². The first kappa shape index (κ1) is 17.7. The Balaban J connectivity index is 2.25. The number of carbonyl (C=O) groups is 2. The summed E-state index contributed by atoms with van der Waals surface area (Å²) in [6, 6.07) is 0.0935. The van der Waals surface area contributed by atoms with Gasteiger partial charge in [0.25, 0.3) is 0 Å². The lowest BCUT2D eigenvalue weighted by Crippen LogP contribution is -2.55. The fraction of sp³-hybridized carbons (Fsp3) is 0.857. The number of likely N-dealkylation sites (N-methyl/N-ethyl adjacent to an activating group) is 2. The minimum Gasteiger partial charge on any atom is -0.481 e. The van der Waals surface area contributed by atoms with Gasteiger partial charge in [-0.1, -0.05) is 13.3 Å². The number of nitrogens with zero attached hydrogens (tertiary/aromatic N) is 2. The summed E-state index contributed by atoms with van der Waals surface area (Å²) >= 11 is 0. The van der Waals surface area contributed by atoms with Crippen LogP contribution in [0.4, 0.5) is 4.79 Å². The van der Waals surface area contributed by atoms with E-state index in [0.29, 0.717) is 19.1 Å². The molecule has 0 aliphatic carbocycles. The van der Waals surface area contributed by atoms with E-state index in [9.17, 15) is 9.59 Å². The van der Waals surface area contributed by atoms with Crippen molar-refractivity contribution >= 4 is 12.0 Å². The number of aliphatic carboxylic acids is 1. The van der Waals surface area contributed by atoms with Crippen LogP contribution in [0.15, 0.2) is 0 Å². The quantitative estimate of drug-likeness (QED) is 0.618. The van der Waals surface area contributed by atoms with Crippen LogP contribution in [0.2, 0.25) is 0 Å². The molecule has 1 saturated heterocycles. The van der Waals surface area contributed by atoms with Gasteiger partial charge < -0.3 is 20.6 Å². The molecule has 0 aromatic carbocycles. The molecule has 0 radical (unpaired) electrons. The van der Waals surface area contributed by atoms with E-state index in [1.54, 1.807) is 0 Å². The van der Waals surface area contributed by atoms with Crippen molar-refractivity contribution in [2.24, 2.45) is 5.92 Å². The van der Waals surface area contributed by atoms with Gasteiger partial charge in [-0.15, -0.1) is 0 Å². The van der Waals surface area contributed by atoms with Crippen LogP contribution in [-0.2, 0) is 4.79 Å². The number of hydrogen-bond donors (Lipinski definition) is 3. The standard InChI is InChI=1S/C14H28N4O3/c1-4-11(7-13(19)20)8-15-14(21)16-9-12-10-17(2)5-6-18(12)3/h11-12H,4-10H2,1-3H3,(H,19,20)(H2,15,16,21). The summed E-state index contributed by atoms with van der Waals surface area (Å²) < 4.78 is 0. The molecule has 1 rings (SSSR count). The Kier molecular flexibility index (Phi) is 7.45. The summed E-state index contributed by atoms with van der Waals surface area (Å²) in [5, 5.41) is 14.4. The zero-order valence-electron chi connectivity index (χ0n) is 13.3. The normalized spacial score (nSPS) is 21.8. The van der Waals surface area contributed by atoms with E-state index in [4.69, 9.17) is 5.11 Å². The van der Waals surface area contributed by atoms with Gasteiger partial charge in [-0.05, 0) is 20.0 Å². The highest BCUT2D eigenvalue weighted by atomic mass is 16.4. The van der Waals surface area contributed by atoms with Crippen LogP contribution >= 0.6 is 0 Å². The summed E-state index contributed by atoms with van der Waals surface area (Å²) in [7, 11) is 4.15. The maximum atomic E-state index is 11.8. The van der Waals surface area contributed by atoms with Gasteiger partial charge >= 0.3 is 12.0 Å². The van der Waals surface area contributed by atoms with Crippen molar-refractivity contribution in [3.63, 3.8) is 0 Å². The fourth-order valence-corrected chi connectivity index (χ4v) is 2.44. The van der Waals surface area contributed by atoms with Gasteiger partial charge in [-0.2, -0.15) is 0 Å². The van der Waals surface area contributed by atoms with E-state index < -0.39 is 5.97 Å². The number of urea groups is 1. The molecule has 21 heavy (non-hydrogen) atoms. The second-order valence-corrected chi connectivity index (χ2v) is 5.86. The maximum Gasteiger partial charge on any atom is 0.314 e. The summed E-state index contributed by atoms with van der Waals surface area (Å²) in [6.07, 6.45) is 0.829. The lowest BCUT2D eigenvalue weighted by Gasteiger charge is -2.37. The van der Waals surface area contributed by atoms with E-state index in [2.05, 4.69) is 34.5 Å². The molecule has 2 amide bonds. The van der Waals surface area contributed by atoms with Gasteiger partial charge in [0.05, 0.1) is 0 Å². The third kappa shape index (κ3) is 6.77. The zero-order chi connectivity index (χ0) is 15.8. The molecule has 0 aromatic heterocycles. The third-order valence-corrected chi connectivity index (χ3v) is 4.07. The number of hydrogen-bond acceptors (Lipinski definition) is 4. The molecular formula is C14H28N4O3. The van der Waals surface area contributed by atoms with Crippen LogP contribution in [0, 0.1) is 5.92 Å². The van der Waals surface area contributed by atoms with Crippen LogP contribution in [0.3, 0.4) is 0 Å². The molecule has 0 bridgehead atoms. The molecule has 7 nitrogen and oxygen atoms in total. The maximum absolute atomic E-state index is 11.8. The minimum atomic E-state index is -0.823. The first-order valence-corrected chi connectivity index (χ1v) is 7.54. The minimum absolute atomic E-state index is 0.0169. The third-order valence-electron chi connectivity index (χ3n) is 4.07. The molecule has 3 N–H and O–H groups in total. The molecule has 1 fully saturated rings. The Bertz CT molecular complexity index is 351. The second kappa shape index (κ2) is 8.84. The Labute approximate surface area is 126 Å². The summed E-state index contributed by atoms with van der Waals surface area (Å²) in [6.45, 7) is 5.92. The summed E-state index contributed by atoms with van der Waals surface area (Å²) in [4.78, 5) is 27.0. The summed E-state index contributed by atoms with van der Waals surface area (Å²) in [5.41, 5.74) is 0. The van der Waals surface area contributed by atoms with Crippen molar-refractivity contribution in [3.8, 4) is 0 Å². The van der Waals surface area contributed by atoms with Crippen LogP contribution in [-0.4, -0.2) is 79.8 Å². The molecular weight excluding hydrogens is 272 g/mol. The van der Waals surface area contributed by atoms with Crippen molar-refractivity contribution in [3.05, 3.63) is 0 Å². The first-order valence-electron chi connectivity index (χ1n) is 7.54. The highest BCUT2D eigenvalue weighted by Crippen LogP contribution is 2.07. The second-order valence-electron chi connectivity index (χ2n) is 5.86. The van der Waals surface area contributed by atoms with E-state index in [0.717, 1.165) is 26.1 Å². The van der Waals surface area contributed by atoms with Crippen molar-refractivity contribution in [2.75, 3.05) is 46.8 Å². The Morgan fingerprint density at radius 3 is 2.62 bits per heavy atom. The van der Waals surface area contributed by atoms with E-state index in [1.807, 2.05) is 6.92 Å². The highest BCUT2D eigenvalue weighted by Gasteiger charge is 2.22. The molecule has 1 aliphatic heterocycles. The zero-order valence-corrected chi connectivity index (χ0v) is 13.3. The number of carboxylic acids is 1. The molecule has 0 spiro atoms. The number of carboxylic acid groups (broad SMARTS) is 1. The van der Waals surface area contributed by atoms with Gasteiger partial charge in [-0.3, -0.25) is 9.69 Å². The monoisotopic (exact) mass is 300 g/mol. The largest absolute Gasteiger partial charge is 0.481 e. The number of amides is 2. The highest BCUT2D eigenvalue weighted by molar-refractivity contribution is 5.74. The molecule has 7 heteroatoms. The SMILES string of the molecule is CCC(CNC(=O)NCC1CN(C)CCN1C)CC(=O)O. The molecule has 2 atom stereocenters. The molecule has 122 valence electrons. The van der Waals surface area contributed by atoms with Crippen molar-refractivity contribution in [1.82, 2.24) is 20.4 Å². The molecule has 0 saturated carbocycles. The average molecular weight is 300 g/mol. The van der Waals surface area contributed by atoms with E-state index in [-0.39, 0.29) is 18.4 Å². The van der Waals surface area contributed by atoms with Crippen LogP contribution < -0.4 is 10.6 Å². The van der Waals surface area contributed by atoms with Gasteiger partial charge in [0.2, 0.25) is 0 Å². The van der Waals surface area contributed by atoms with Crippen LogP contribution in [0.1, 0.15) is 19.8 Å². The molecule has 0 aromatic rings. The van der Waals surface area contributed by atoms with Gasteiger partial charge in [-0.25, -0.2) is 4.79 Å². The topological polar surface area (TPSA) is 84.9 Å². The van der Waals surface area contributed by atoms with Gasteiger partial charge in [0, 0.05) is 45.2 Å². The summed E-state index contributed by atoms with van der Waals surface area (Å²) in [5.74, 6) is -0.840. The number of nitrogens with one attached hydrogen (secondary N) is 2. The number of rotatable bonds is 7. The average Bonchev–Trinajstić information content (AvgIpc) is 2.44. The number of carbonyl (C=O) groups excluding carboxylic acids is 1. The van der Waals surface area contributed by atoms with Gasteiger partial charge in [0.15, 0.2) is 0 Å². The smallest absolute Gasteiger partial charge is 0.314 e. The Morgan fingerprint density at radius 1 is 1.29 bits per heavy atom. The van der Waals surface area contributed by atoms with Crippen LogP contribution in [0.25, 0.3) is 0 Å². The molecule has 1 aliphatic rings. The Morgan fingerprint density at radius 2 is 2.00 bits per heavy atom. The first-order chi connectivity index (χ1) is 9.92. The number of piperazine rings is 1. The van der Waals surface area contributed by atoms with Gasteiger partial charge in [0.1, 0.15) is 0 Å². The lowest BCUT2D eigenvalue weighted by molar-refractivity contribution is -0.138. The predicted octanol–water partition coefficient (Wildman–Crippen LogP) is 0.0323. The molecule has 1 heterocycles. The van der Waals surface area contributed by atoms with Crippen molar-refractivity contribution in [2.45, 2.75) is 25.8 Å². The Hall–Kier alpha value is -1.34. The predicted molar refractivity (Wildman–Crippen MR) is 81.4 cm³/mol.